The lowest BCUT2D eigenvalue weighted by molar-refractivity contribution is 0.210. The first kappa shape index (κ1) is 48.6. The Morgan fingerprint density at radius 3 is 1.00 bits per heavy atom. The topological polar surface area (TPSA) is 46.9 Å². The molecule has 344 valence electrons. The highest BCUT2D eigenvalue weighted by Gasteiger charge is 2.68. The average Bonchev–Trinajstić information content (AvgIpc) is 3.42. The predicted octanol–water partition coefficient (Wildman–Crippen LogP) is 11.0. The van der Waals surface area contributed by atoms with E-state index < -0.39 is 48.4 Å². The Labute approximate surface area is 413 Å². The van der Waals surface area contributed by atoms with Crippen LogP contribution in [0, 0.1) is 0 Å². The molecule has 0 amide bonds. The lowest BCUT2D eigenvalue weighted by Gasteiger charge is -2.53. The van der Waals surface area contributed by atoms with E-state index in [1.807, 2.05) is 48.5 Å². The molecule has 0 aliphatic rings. The molecule has 8 heteroatoms. The second-order valence-electron chi connectivity index (χ2n) is 17.7. The summed E-state index contributed by atoms with van der Waals surface area (Å²) in [5.41, 5.74) is -0.483. The fraction of sp³-hybridized carbons (Fsp3) is 0.115. The Bertz CT molecular complexity index is 2790. The number of hydrogen-bond donors (Lipinski definition) is 2. The van der Waals surface area contributed by atoms with E-state index in [0.29, 0.717) is 6.16 Å². The average molecular weight is 977 g/mol. The normalized spacial score (nSPS) is 13.9. The quantitative estimate of drug-likeness (QED) is 0.0841. The number of nitrogens with zero attached hydrogens (tertiary/aromatic N) is 2. The van der Waals surface area contributed by atoms with Gasteiger partial charge < -0.3 is 0 Å². The van der Waals surface area contributed by atoms with E-state index >= 15 is 4.89 Å². The van der Waals surface area contributed by atoms with E-state index in [0.717, 1.165) is 26.8 Å². The lowest BCUT2D eigenvalue weighted by atomic mass is 9.90. The summed E-state index contributed by atoms with van der Waals surface area (Å²) in [4.78, 5) is 29.7. The summed E-state index contributed by atoms with van der Waals surface area (Å²) in [5, 5.41) is 8.40. The summed E-state index contributed by atoms with van der Waals surface area (Å²) in [6.07, 6.45) is 0.335. The van der Waals surface area contributed by atoms with Gasteiger partial charge in [0.1, 0.15) is 38.6 Å². The van der Waals surface area contributed by atoms with Crippen molar-refractivity contribution in [2.24, 2.45) is 0 Å². The van der Waals surface area contributed by atoms with Crippen LogP contribution in [0.4, 0.5) is 0 Å². The van der Waals surface area contributed by atoms with Crippen LogP contribution in [0.2, 0.25) is 0 Å². The maximum Gasteiger partial charge on any atom is 0.213 e. The second kappa shape index (κ2) is 22.1. The molecule has 0 spiro atoms. The number of benzene rings is 9. The van der Waals surface area contributed by atoms with Gasteiger partial charge in [-0.2, -0.15) is 0 Å². The second-order valence-corrected chi connectivity index (χ2v) is 28.1. The summed E-state index contributed by atoms with van der Waals surface area (Å²) in [5.74, 6) is 0. The zero-order chi connectivity index (χ0) is 47.7. The summed E-state index contributed by atoms with van der Waals surface area (Å²) < 4.78 is 5.20. The van der Waals surface area contributed by atoms with E-state index in [4.69, 9.17) is 0 Å². The standard InChI is InChI=1S/C61H60N2O2P4/c1-61(49-68(64,55-41-23-9-24-42-55)56-43-25-10-26-44-56,63(3)67(53-37-19-7-20-38-53)54-39-21-8-22-40-54)60(69(65,57-45-27-11-28-46-57)58-47-29-12-30-48-58)59(50-31-13-4-14-32-50)62(2)66(51-33-15-5-16-34-51)52-35-17-6-18-36-52/h4-48,59-60,64-65H,49H2,1-3H3/q+2/t59-,60?,61-/m0/s1. The van der Waals surface area contributed by atoms with Crippen LogP contribution >= 0.6 is 31.1 Å². The highest BCUT2D eigenvalue weighted by atomic mass is 31.2. The van der Waals surface area contributed by atoms with Gasteiger partial charge in [0.15, 0.2) is 0 Å². The molecule has 0 bridgehead atoms. The van der Waals surface area contributed by atoms with Crippen LogP contribution in [0.3, 0.4) is 0 Å². The molecule has 1 unspecified atom stereocenters. The monoisotopic (exact) mass is 976 g/mol. The van der Waals surface area contributed by atoms with Gasteiger partial charge in [0, 0.05) is 16.1 Å². The van der Waals surface area contributed by atoms with E-state index in [-0.39, 0.29) is 0 Å². The third-order valence-corrected chi connectivity index (χ3v) is 25.8. The largest absolute Gasteiger partial charge is 0.266 e. The van der Waals surface area contributed by atoms with Gasteiger partial charge in [-0.3, -0.25) is 9.34 Å². The molecule has 9 aromatic rings. The summed E-state index contributed by atoms with van der Waals surface area (Å²) in [6.45, 7) is 2.38. The molecule has 3 atom stereocenters. The van der Waals surface area contributed by atoms with Gasteiger partial charge >= 0.3 is 0 Å². The molecule has 0 saturated heterocycles. The van der Waals surface area contributed by atoms with Crippen molar-refractivity contribution in [3.8, 4) is 0 Å². The Kier molecular flexibility index (Phi) is 15.5. The fourth-order valence-electron chi connectivity index (χ4n) is 10.2. The van der Waals surface area contributed by atoms with Gasteiger partial charge in [-0.1, -0.05) is 224 Å². The minimum absolute atomic E-state index is 0.335. The first-order chi connectivity index (χ1) is 33.7. The molecule has 0 aliphatic heterocycles. The van der Waals surface area contributed by atoms with Crippen LogP contribution < -0.4 is 42.4 Å². The molecular weight excluding hydrogens is 917 g/mol. The smallest absolute Gasteiger partial charge is 0.213 e. The highest BCUT2D eigenvalue weighted by molar-refractivity contribution is 7.86. The molecule has 0 saturated carbocycles. The maximum atomic E-state index is 15.3. The number of hydrogen-bond acceptors (Lipinski definition) is 4. The third kappa shape index (κ3) is 10.1. The van der Waals surface area contributed by atoms with Gasteiger partial charge in [0.2, 0.25) is 15.0 Å². The molecule has 9 aromatic carbocycles. The van der Waals surface area contributed by atoms with Crippen LogP contribution in [-0.4, -0.2) is 50.6 Å². The van der Waals surface area contributed by atoms with Crippen molar-refractivity contribution in [2.45, 2.75) is 24.2 Å². The van der Waals surface area contributed by atoms with E-state index in [2.05, 4.69) is 255 Å². The molecule has 0 heterocycles. The van der Waals surface area contributed by atoms with Gasteiger partial charge in [-0.25, -0.2) is 9.79 Å². The zero-order valence-electron chi connectivity index (χ0n) is 39.4. The highest BCUT2D eigenvalue weighted by Crippen LogP contribution is 2.71. The number of rotatable bonds is 18. The van der Waals surface area contributed by atoms with Gasteiger partial charge in [-0.15, -0.1) is 0 Å². The van der Waals surface area contributed by atoms with Crippen LogP contribution in [0.25, 0.3) is 0 Å². The van der Waals surface area contributed by atoms with Crippen molar-refractivity contribution in [2.75, 3.05) is 20.3 Å². The van der Waals surface area contributed by atoms with Crippen LogP contribution in [0.5, 0.6) is 0 Å². The Balaban J connectivity index is 1.45. The molecule has 0 fully saturated rings. The Morgan fingerprint density at radius 2 is 0.667 bits per heavy atom. The van der Waals surface area contributed by atoms with Crippen LogP contribution in [0.1, 0.15) is 18.5 Å². The minimum atomic E-state index is -3.61. The lowest BCUT2D eigenvalue weighted by Crippen LogP contribution is -2.62. The van der Waals surface area contributed by atoms with Crippen molar-refractivity contribution in [1.82, 2.24) is 9.34 Å². The predicted molar refractivity (Wildman–Crippen MR) is 302 cm³/mol. The van der Waals surface area contributed by atoms with E-state index in [1.54, 1.807) is 0 Å². The van der Waals surface area contributed by atoms with E-state index in [1.165, 1.54) is 21.2 Å². The fourth-order valence-corrected chi connectivity index (χ4v) is 23.0. The molecule has 9 rings (SSSR count). The molecule has 0 aromatic heterocycles. The molecular formula is C61H60N2O2P4+2. The Morgan fingerprint density at radius 1 is 0.391 bits per heavy atom. The minimum Gasteiger partial charge on any atom is -0.266 e. The summed E-state index contributed by atoms with van der Waals surface area (Å²) >= 11 is 0. The summed E-state index contributed by atoms with van der Waals surface area (Å²) in [6, 6.07) is 95.6. The molecule has 0 aliphatic carbocycles. The van der Waals surface area contributed by atoms with Crippen molar-refractivity contribution in [3.05, 3.63) is 279 Å². The van der Waals surface area contributed by atoms with Crippen LogP contribution in [-0.2, 0) is 0 Å². The summed E-state index contributed by atoms with van der Waals surface area (Å²) in [7, 11) is -4.87. The van der Waals surface area contributed by atoms with Crippen molar-refractivity contribution >= 4 is 73.6 Å². The molecule has 2 N–H and O–H groups in total. The molecule has 4 nitrogen and oxygen atoms in total. The zero-order valence-corrected chi connectivity index (χ0v) is 43.0. The van der Waals surface area contributed by atoms with Crippen molar-refractivity contribution in [3.63, 3.8) is 0 Å². The van der Waals surface area contributed by atoms with Gasteiger partial charge in [-0.05, 0) is 96.3 Å². The van der Waals surface area contributed by atoms with Crippen molar-refractivity contribution < 1.29 is 9.79 Å². The SMILES string of the molecule is CN([C@@H](c1ccccc1)C([C@](C)(C[P+](O)(c1ccccc1)c1ccccc1)N(C)P(c1ccccc1)c1ccccc1)[P+](O)(c1ccccc1)c1ccccc1)P(c1ccccc1)c1ccccc1. The molecule has 69 heavy (non-hydrogen) atoms. The van der Waals surface area contributed by atoms with E-state index in [9.17, 15) is 4.89 Å². The van der Waals surface area contributed by atoms with Crippen LogP contribution in [0.15, 0.2) is 273 Å². The van der Waals surface area contributed by atoms with Crippen molar-refractivity contribution in [1.29, 1.82) is 0 Å². The Hall–Kier alpha value is -5.46. The van der Waals surface area contributed by atoms with Gasteiger partial charge in [0.25, 0.3) is 0 Å². The first-order valence-electron chi connectivity index (χ1n) is 23.5. The maximum absolute atomic E-state index is 15.3. The third-order valence-electron chi connectivity index (χ3n) is 13.5. The van der Waals surface area contributed by atoms with Gasteiger partial charge in [0.05, 0.1) is 6.04 Å². The molecule has 0 radical (unpaired) electrons. The first-order valence-corrected chi connectivity index (χ1v) is 29.8.